The lowest BCUT2D eigenvalue weighted by Crippen LogP contribution is -2.04. The highest BCUT2D eigenvalue weighted by atomic mass is 32.1. The predicted molar refractivity (Wildman–Crippen MR) is 39.7 cm³/mol. The van der Waals surface area contributed by atoms with Crippen molar-refractivity contribution in [2.45, 2.75) is 6.92 Å². The topological polar surface area (TPSA) is 26.3 Å². The molecule has 0 aliphatic carbocycles. The Bertz CT molecular complexity index is 145. The highest BCUT2D eigenvalue weighted by Gasteiger charge is 2.06. The first-order chi connectivity index (χ1) is 4.72. The molecule has 0 heterocycles. The smallest absolute Gasteiger partial charge is 0.366 e. The van der Waals surface area contributed by atoms with Crippen molar-refractivity contribution in [3.8, 4) is 0 Å². The van der Waals surface area contributed by atoms with Crippen molar-refractivity contribution in [1.29, 1.82) is 0 Å². The summed E-state index contributed by atoms with van der Waals surface area (Å²) in [6.07, 6.45) is 1.06. The highest BCUT2D eigenvalue weighted by Crippen LogP contribution is 1.99. The average Bonchev–Trinajstić information content (AvgIpc) is 1.89. The fraction of sp³-hybridized carbons (Fsp3) is 0.500. The predicted octanol–water partition coefficient (Wildman–Crippen LogP) is 1.33. The summed E-state index contributed by atoms with van der Waals surface area (Å²) < 4.78 is 16.7. The summed E-state index contributed by atoms with van der Waals surface area (Å²) >= 11 is 3.70. The van der Waals surface area contributed by atoms with Crippen molar-refractivity contribution >= 4 is 18.6 Å². The van der Waals surface area contributed by atoms with Crippen LogP contribution in [0.3, 0.4) is 0 Å². The minimum absolute atomic E-state index is 0.187. The normalized spacial score (nSPS) is 11.3. The minimum Gasteiger partial charge on any atom is -0.461 e. The zero-order chi connectivity index (χ0) is 7.98. The summed E-state index contributed by atoms with van der Waals surface area (Å²) in [5, 5.41) is 0. The maximum absolute atomic E-state index is 12.3. The zero-order valence-corrected chi connectivity index (χ0v) is 6.53. The molecule has 0 aromatic heterocycles. The molecule has 0 fully saturated rings. The number of carbonyl (C=O) groups is 1. The van der Waals surface area contributed by atoms with Gasteiger partial charge in [-0.3, -0.25) is 0 Å². The SMILES string of the molecule is CCOC(=O)/C(F)=C/CS. The van der Waals surface area contributed by atoms with E-state index in [0.29, 0.717) is 0 Å². The molecule has 0 rings (SSSR count). The van der Waals surface area contributed by atoms with Crippen molar-refractivity contribution in [2.75, 3.05) is 12.4 Å². The Kier molecular flexibility index (Phi) is 5.02. The van der Waals surface area contributed by atoms with E-state index in [1.54, 1.807) is 6.92 Å². The van der Waals surface area contributed by atoms with Gasteiger partial charge in [0.05, 0.1) is 6.61 Å². The van der Waals surface area contributed by atoms with Crippen LogP contribution in [-0.2, 0) is 9.53 Å². The Morgan fingerprint density at radius 2 is 2.40 bits per heavy atom. The fourth-order valence-corrected chi connectivity index (χ4v) is 0.524. The van der Waals surface area contributed by atoms with Gasteiger partial charge in [-0.15, -0.1) is 0 Å². The fourth-order valence-electron chi connectivity index (χ4n) is 0.364. The Hall–Kier alpha value is -0.510. The number of hydrogen-bond donors (Lipinski definition) is 1. The summed E-state index contributed by atoms with van der Waals surface area (Å²) in [6.45, 7) is 1.80. The maximum Gasteiger partial charge on any atom is 0.366 e. The van der Waals surface area contributed by atoms with Crippen LogP contribution in [0.2, 0.25) is 0 Å². The molecule has 0 radical (unpaired) electrons. The van der Waals surface area contributed by atoms with Gasteiger partial charge in [0, 0.05) is 5.75 Å². The van der Waals surface area contributed by atoms with E-state index in [1.165, 1.54) is 0 Å². The molecule has 0 spiro atoms. The lowest BCUT2D eigenvalue weighted by molar-refractivity contribution is -0.140. The molecule has 10 heavy (non-hydrogen) atoms. The third-order valence-corrected chi connectivity index (χ3v) is 0.924. The molecule has 0 amide bonds. The number of carbonyl (C=O) groups excluding carboxylic acids is 1. The van der Waals surface area contributed by atoms with Crippen LogP contribution < -0.4 is 0 Å². The number of halogens is 1. The monoisotopic (exact) mass is 164 g/mol. The molecule has 0 bridgehead atoms. The van der Waals surface area contributed by atoms with E-state index in [9.17, 15) is 9.18 Å². The molecule has 0 saturated carbocycles. The highest BCUT2D eigenvalue weighted by molar-refractivity contribution is 7.80. The molecule has 0 atom stereocenters. The Labute approximate surface area is 64.5 Å². The summed E-state index contributed by atoms with van der Waals surface area (Å²) in [5.74, 6) is -1.60. The van der Waals surface area contributed by atoms with Gasteiger partial charge in [-0.1, -0.05) is 0 Å². The maximum atomic E-state index is 12.3. The van der Waals surface area contributed by atoms with Gasteiger partial charge in [-0.05, 0) is 13.0 Å². The Balaban J connectivity index is 3.82. The lowest BCUT2D eigenvalue weighted by atomic mass is 10.5. The number of thiol groups is 1. The van der Waals surface area contributed by atoms with E-state index in [2.05, 4.69) is 17.4 Å². The van der Waals surface area contributed by atoms with E-state index in [4.69, 9.17) is 0 Å². The van der Waals surface area contributed by atoms with Crippen LogP contribution in [0.25, 0.3) is 0 Å². The van der Waals surface area contributed by atoms with E-state index in [0.717, 1.165) is 6.08 Å². The molecule has 0 aliphatic rings. The average molecular weight is 164 g/mol. The summed E-state index contributed by atoms with van der Waals surface area (Å²) in [7, 11) is 0. The van der Waals surface area contributed by atoms with Crippen molar-refractivity contribution in [3.63, 3.8) is 0 Å². The lowest BCUT2D eigenvalue weighted by Gasteiger charge is -1.96. The third-order valence-electron chi connectivity index (χ3n) is 0.741. The van der Waals surface area contributed by atoms with Gasteiger partial charge in [-0.25, -0.2) is 4.79 Å². The number of ether oxygens (including phenoxy) is 1. The van der Waals surface area contributed by atoms with Gasteiger partial charge in [0.25, 0.3) is 0 Å². The first kappa shape index (κ1) is 9.49. The molecule has 4 heteroatoms. The molecule has 0 N–H and O–H groups in total. The molecule has 0 aromatic carbocycles. The second-order valence-corrected chi connectivity index (χ2v) is 1.82. The summed E-state index contributed by atoms with van der Waals surface area (Å²) in [6, 6.07) is 0. The molecular weight excluding hydrogens is 155 g/mol. The van der Waals surface area contributed by atoms with Crippen LogP contribution in [0.5, 0.6) is 0 Å². The second kappa shape index (κ2) is 5.29. The molecule has 0 aromatic rings. The van der Waals surface area contributed by atoms with Gasteiger partial charge in [-0.2, -0.15) is 17.0 Å². The van der Waals surface area contributed by atoms with E-state index in [1.807, 2.05) is 0 Å². The molecule has 0 unspecified atom stereocenters. The van der Waals surface area contributed by atoms with Crippen LogP contribution in [0, 0.1) is 0 Å². The van der Waals surface area contributed by atoms with Crippen LogP contribution in [-0.4, -0.2) is 18.3 Å². The number of hydrogen-bond acceptors (Lipinski definition) is 3. The Morgan fingerprint density at radius 1 is 1.80 bits per heavy atom. The standard InChI is InChI=1S/C6H9FO2S/c1-2-9-6(8)5(7)3-4-10/h3,10H,2,4H2,1H3/b5-3-. The summed E-state index contributed by atoms with van der Waals surface area (Å²) in [4.78, 5) is 10.4. The van der Waals surface area contributed by atoms with E-state index >= 15 is 0 Å². The molecule has 0 saturated heterocycles. The largest absolute Gasteiger partial charge is 0.461 e. The second-order valence-electron chi connectivity index (χ2n) is 1.46. The zero-order valence-electron chi connectivity index (χ0n) is 5.63. The minimum atomic E-state index is -0.920. The van der Waals surface area contributed by atoms with Crippen molar-refractivity contribution in [1.82, 2.24) is 0 Å². The van der Waals surface area contributed by atoms with Gasteiger partial charge in [0.1, 0.15) is 0 Å². The molecule has 0 aliphatic heterocycles. The van der Waals surface area contributed by atoms with Crippen LogP contribution >= 0.6 is 12.6 Å². The summed E-state index contributed by atoms with van der Waals surface area (Å²) in [5.41, 5.74) is 0. The first-order valence-electron chi connectivity index (χ1n) is 2.86. The quantitative estimate of drug-likeness (QED) is 0.387. The van der Waals surface area contributed by atoms with Crippen LogP contribution in [0.1, 0.15) is 6.92 Å². The van der Waals surface area contributed by atoms with Crippen molar-refractivity contribution < 1.29 is 13.9 Å². The Morgan fingerprint density at radius 3 is 2.80 bits per heavy atom. The van der Waals surface area contributed by atoms with Gasteiger partial charge < -0.3 is 4.74 Å². The molecular formula is C6H9FO2S. The molecule has 58 valence electrons. The van der Waals surface area contributed by atoms with E-state index in [-0.39, 0.29) is 12.4 Å². The van der Waals surface area contributed by atoms with Crippen molar-refractivity contribution in [2.24, 2.45) is 0 Å². The van der Waals surface area contributed by atoms with Gasteiger partial charge in [0.15, 0.2) is 0 Å². The van der Waals surface area contributed by atoms with Gasteiger partial charge in [0.2, 0.25) is 5.83 Å². The molecule has 2 nitrogen and oxygen atoms in total. The number of esters is 1. The number of rotatable bonds is 3. The van der Waals surface area contributed by atoms with Crippen molar-refractivity contribution in [3.05, 3.63) is 11.9 Å². The third kappa shape index (κ3) is 3.50. The first-order valence-corrected chi connectivity index (χ1v) is 3.49. The van der Waals surface area contributed by atoms with E-state index < -0.39 is 11.8 Å². The van der Waals surface area contributed by atoms with Gasteiger partial charge >= 0.3 is 5.97 Å². The van der Waals surface area contributed by atoms with Crippen LogP contribution in [0.4, 0.5) is 4.39 Å². The van der Waals surface area contributed by atoms with Crippen LogP contribution in [0.15, 0.2) is 11.9 Å².